The lowest BCUT2D eigenvalue weighted by Crippen LogP contribution is -2.18. The average Bonchev–Trinajstić information content (AvgIpc) is 3.28. The molecular weight excluding hydrogens is 511 g/mol. The monoisotopic (exact) mass is 536 g/mol. The summed E-state index contributed by atoms with van der Waals surface area (Å²) in [5.74, 6) is -1.47. The van der Waals surface area contributed by atoms with Crippen molar-refractivity contribution in [3.8, 4) is 23.1 Å². The summed E-state index contributed by atoms with van der Waals surface area (Å²) in [7, 11) is 2.71. The molecule has 0 aliphatic heterocycles. The number of rotatable bonds is 9. The number of halogens is 1. The van der Waals surface area contributed by atoms with E-state index in [4.69, 9.17) is 31.1 Å². The van der Waals surface area contributed by atoms with Crippen LogP contribution in [0.5, 0.6) is 17.2 Å². The number of amidine groups is 1. The molecule has 14 heteroatoms. The van der Waals surface area contributed by atoms with Crippen molar-refractivity contribution in [2.45, 2.75) is 13.0 Å². The quantitative estimate of drug-likeness (QED) is 0.0914. The molecule has 4 rings (SSSR count). The Morgan fingerprint density at radius 1 is 1.18 bits per heavy atom. The number of carbonyl (C=O) groups is 1. The van der Waals surface area contributed by atoms with Crippen molar-refractivity contribution in [3.05, 3.63) is 81.9 Å². The van der Waals surface area contributed by atoms with Gasteiger partial charge in [0.1, 0.15) is 23.4 Å². The molecule has 13 nitrogen and oxygen atoms in total. The van der Waals surface area contributed by atoms with Crippen LogP contribution in [0.2, 0.25) is 0 Å². The van der Waals surface area contributed by atoms with Gasteiger partial charge in [-0.05, 0) is 30.3 Å². The van der Waals surface area contributed by atoms with E-state index in [2.05, 4.69) is 20.4 Å². The van der Waals surface area contributed by atoms with Gasteiger partial charge in [-0.15, -0.1) is 5.10 Å². The summed E-state index contributed by atoms with van der Waals surface area (Å²) < 4.78 is 32.3. The number of aromatic nitrogens is 4. The molecule has 0 bridgehead atoms. The van der Waals surface area contributed by atoms with Crippen LogP contribution in [0.15, 0.2) is 53.5 Å². The minimum absolute atomic E-state index is 0.00252. The highest BCUT2D eigenvalue weighted by Crippen LogP contribution is 2.35. The lowest BCUT2D eigenvalue weighted by molar-refractivity contribution is -0.131. The van der Waals surface area contributed by atoms with Crippen molar-refractivity contribution in [2.75, 3.05) is 25.3 Å². The molecule has 39 heavy (non-hydrogen) atoms. The fraction of sp³-hybridized carbons (Fsp3) is 0.160. The molecule has 0 saturated carbocycles. The van der Waals surface area contributed by atoms with Crippen molar-refractivity contribution < 1.29 is 23.4 Å². The highest BCUT2D eigenvalue weighted by Gasteiger charge is 2.27. The maximum atomic E-state index is 15.6. The Hall–Kier alpha value is -5.40. The number of nitrogens with zero attached hydrogens (tertiary/aromatic N) is 3. The van der Waals surface area contributed by atoms with E-state index in [0.29, 0.717) is 5.69 Å². The summed E-state index contributed by atoms with van der Waals surface area (Å²) in [5.41, 5.74) is 11.6. The summed E-state index contributed by atoms with van der Waals surface area (Å²) in [6, 6.07) is 9.21. The number of aromatic amines is 1. The second-order valence-electron chi connectivity index (χ2n) is 8.17. The van der Waals surface area contributed by atoms with Crippen LogP contribution in [0.1, 0.15) is 29.9 Å². The lowest BCUT2D eigenvalue weighted by atomic mass is 10.0. The molecule has 7 N–H and O–H groups in total. The van der Waals surface area contributed by atoms with Crippen LogP contribution in [0, 0.1) is 11.2 Å². The number of ether oxygens (including phenoxy) is 3. The number of hydrogen-bond acceptors (Lipinski definition) is 10. The molecule has 2 aromatic heterocycles. The van der Waals surface area contributed by atoms with E-state index in [9.17, 15) is 9.59 Å². The van der Waals surface area contributed by atoms with Gasteiger partial charge in [0.05, 0.1) is 25.5 Å². The number of anilines is 2. The zero-order chi connectivity index (χ0) is 28.3. The van der Waals surface area contributed by atoms with Gasteiger partial charge >= 0.3 is 11.7 Å². The molecule has 0 spiro atoms. The third-order valence-corrected chi connectivity index (χ3v) is 5.57. The predicted molar refractivity (Wildman–Crippen MR) is 140 cm³/mol. The van der Waals surface area contributed by atoms with E-state index >= 15 is 4.39 Å². The Morgan fingerprint density at radius 3 is 2.59 bits per heavy atom. The fourth-order valence-electron chi connectivity index (χ4n) is 3.80. The molecule has 0 aliphatic rings. The second-order valence-corrected chi connectivity index (χ2v) is 8.17. The second kappa shape index (κ2) is 10.9. The van der Waals surface area contributed by atoms with Gasteiger partial charge < -0.3 is 31.0 Å². The van der Waals surface area contributed by atoms with Crippen LogP contribution in [-0.4, -0.2) is 45.8 Å². The van der Waals surface area contributed by atoms with Gasteiger partial charge in [-0.2, -0.15) is 4.68 Å². The standard InChI is InChI=1S/C25H25FN8O5/c1-12(35)39-18-9-13(6-7-15(18)22(28)29)31-21(16-10-14(37-2)11-19(38-3)20(16)26)23-32-25(36)34(33-23)24-17(27)5-4-8-30-24/h4-11,21,31H,27H2,1-3H3,(H3,28,29)(H,32,33,36)/t21-/m0/s1. The first-order valence-electron chi connectivity index (χ1n) is 11.4. The number of carbonyl (C=O) groups excluding carboxylic acids is 1. The highest BCUT2D eigenvalue weighted by molar-refractivity contribution is 5.98. The topological polar surface area (TPSA) is 196 Å². The molecule has 0 amide bonds. The third-order valence-electron chi connectivity index (χ3n) is 5.57. The molecule has 0 aliphatic carbocycles. The smallest absolute Gasteiger partial charge is 0.349 e. The van der Waals surface area contributed by atoms with Crippen LogP contribution < -0.4 is 36.7 Å². The van der Waals surface area contributed by atoms with E-state index in [1.165, 1.54) is 57.7 Å². The van der Waals surface area contributed by atoms with Crippen molar-refractivity contribution in [3.63, 3.8) is 0 Å². The number of hydrogen-bond donors (Lipinski definition) is 5. The van der Waals surface area contributed by atoms with E-state index in [0.717, 1.165) is 4.68 Å². The van der Waals surface area contributed by atoms with Gasteiger partial charge in [0.15, 0.2) is 23.2 Å². The van der Waals surface area contributed by atoms with Crippen LogP contribution >= 0.6 is 0 Å². The molecule has 0 fully saturated rings. The van der Waals surface area contributed by atoms with E-state index in [1.54, 1.807) is 12.1 Å². The molecule has 4 aromatic rings. The first-order chi connectivity index (χ1) is 18.6. The van der Waals surface area contributed by atoms with Gasteiger partial charge in [-0.1, -0.05) is 0 Å². The molecule has 0 unspecified atom stereocenters. The summed E-state index contributed by atoms with van der Waals surface area (Å²) in [6.45, 7) is 1.20. The Bertz CT molecular complexity index is 1620. The number of benzene rings is 2. The fourth-order valence-corrected chi connectivity index (χ4v) is 3.80. The minimum atomic E-state index is -1.14. The number of esters is 1. The Morgan fingerprint density at radius 2 is 1.95 bits per heavy atom. The number of nitrogens with two attached hydrogens (primary N) is 2. The summed E-state index contributed by atoms with van der Waals surface area (Å²) in [5, 5.41) is 15.2. The van der Waals surface area contributed by atoms with Gasteiger partial charge in [0, 0.05) is 36.5 Å². The van der Waals surface area contributed by atoms with E-state index in [1.807, 2.05) is 0 Å². The molecule has 2 heterocycles. The van der Waals surface area contributed by atoms with Crippen molar-refractivity contribution in [1.82, 2.24) is 19.7 Å². The average molecular weight is 537 g/mol. The zero-order valence-electron chi connectivity index (χ0n) is 21.1. The third kappa shape index (κ3) is 5.49. The summed E-state index contributed by atoms with van der Waals surface area (Å²) in [6.07, 6.45) is 1.45. The van der Waals surface area contributed by atoms with Gasteiger partial charge in [-0.3, -0.25) is 15.2 Å². The van der Waals surface area contributed by atoms with Crippen LogP contribution in [0.25, 0.3) is 5.82 Å². The molecule has 0 saturated heterocycles. The number of pyridine rings is 1. The first kappa shape index (κ1) is 26.7. The Kier molecular flexibility index (Phi) is 7.46. The zero-order valence-corrected chi connectivity index (χ0v) is 21.1. The van der Waals surface area contributed by atoms with Crippen LogP contribution in [0.4, 0.5) is 15.8 Å². The van der Waals surface area contributed by atoms with Gasteiger partial charge in [0.25, 0.3) is 0 Å². The Balaban J connectivity index is 1.90. The molecular formula is C25H25FN8O5. The van der Waals surface area contributed by atoms with E-state index in [-0.39, 0.29) is 51.5 Å². The predicted octanol–water partition coefficient (Wildman–Crippen LogP) is 2.10. The van der Waals surface area contributed by atoms with Gasteiger partial charge in [-0.25, -0.2) is 14.2 Å². The maximum Gasteiger partial charge on any atom is 0.349 e. The van der Waals surface area contributed by atoms with E-state index < -0.39 is 23.5 Å². The van der Waals surface area contributed by atoms with Gasteiger partial charge in [0.2, 0.25) is 0 Å². The lowest BCUT2D eigenvalue weighted by Gasteiger charge is -2.21. The highest BCUT2D eigenvalue weighted by atomic mass is 19.1. The number of H-pyrrole nitrogens is 1. The summed E-state index contributed by atoms with van der Waals surface area (Å²) in [4.78, 5) is 31.3. The number of nitrogens with one attached hydrogen (secondary N) is 3. The summed E-state index contributed by atoms with van der Waals surface area (Å²) >= 11 is 0. The largest absolute Gasteiger partial charge is 0.497 e. The van der Waals surface area contributed by atoms with Crippen molar-refractivity contribution in [1.29, 1.82) is 5.41 Å². The van der Waals surface area contributed by atoms with Crippen LogP contribution in [-0.2, 0) is 4.79 Å². The molecule has 0 radical (unpaired) electrons. The number of nitrogen functional groups attached to an aromatic ring is 2. The molecule has 202 valence electrons. The SMILES string of the molecule is COc1cc(OC)c(F)c([C@H](Nc2ccc(C(=N)N)c(OC(C)=O)c2)c2nn(-c3ncccc3N)c(=O)[nH]2)c1. The van der Waals surface area contributed by atoms with Crippen LogP contribution in [0.3, 0.4) is 0 Å². The van der Waals surface area contributed by atoms with Crippen molar-refractivity contribution in [2.24, 2.45) is 5.73 Å². The number of methoxy groups -OCH3 is 2. The Labute approximate surface area is 221 Å². The first-order valence-corrected chi connectivity index (χ1v) is 11.4. The molecule has 2 aromatic carbocycles. The van der Waals surface area contributed by atoms with Crippen molar-refractivity contribution >= 4 is 23.2 Å². The normalized spacial score (nSPS) is 11.5. The minimum Gasteiger partial charge on any atom is -0.497 e. The maximum absolute atomic E-state index is 15.6. The molecule has 1 atom stereocenters.